The largest absolute Gasteiger partial charge is 0.393 e. The SMILES string of the molecule is CC(O)CCNS(=O)(=O)c1ccc(C#N)cc1Cl. The number of hydrogen-bond acceptors (Lipinski definition) is 4. The van der Waals surface area contributed by atoms with Crippen molar-refractivity contribution in [3.05, 3.63) is 28.8 Å². The molecule has 1 unspecified atom stereocenters. The van der Waals surface area contributed by atoms with Crippen molar-refractivity contribution in [2.24, 2.45) is 0 Å². The Labute approximate surface area is 111 Å². The summed E-state index contributed by atoms with van der Waals surface area (Å²) in [7, 11) is -3.71. The van der Waals surface area contributed by atoms with E-state index >= 15 is 0 Å². The average molecular weight is 289 g/mol. The van der Waals surface area contributed by atoms with Gasteiger partial charge in [0, 0.05) is 6.54 Å². The fourth-order valence-electron chi connectivity index (χ4n) is 1.27. The van der Waals surface area contributed by atoms with Gasteiger partial charge >= 0.3 is 0 Å². The van der Waals surface area contributed by atoms with Gasteiger partial charge in [-0.1, -0.05) is 11.6 Å². The first-order valence-corrected chi connectivity index (χ1v) is 7.10. The minimum absolute atomic E-state index is 0.00130. The summed E-state index contributed by atoms with van der Waals surface area (Å²) in [5, 5.41) is 17.7. The number of aliphatic hydroxyl groups excluding tert-OH is 1. The van der Waals surface area contributed by atoms with Crippen molar-refractivity contribution >= 4 is 21.6 Å². The molecule has 0 aliphatic heterocycles. The second-order valence-electron chi connectivity index (χ2n) is 3.79. The molecule has 0 spiro atoms. The van der Waals surface area contributed by atoms with E-state index in [2.05, 4.69) is 4.72 Å². The average Bonchev–Trinajstić information content (AvgIpc) is 2.27. The van der Waals surface area contributed by atoms with Gasteiger partial charge in [-0.2, -0.15) is 5.26 Å². The smallest absolute Gasteiger partial charge is 0.242 e. The third kappa shape index (κ3) is 3.96. The Morgan fingerprint density at radius 2 is 2.22 bits per heavy atom. The first-order chi connectivity index (χ1) is 8.36. The molecule has 5 nitrogen and oxygen atoms in total. The van der Waals surface area contributed by atoms with Gasteiger partial charge in [-0.3, -0.25) is 0 Å². The molecule has 1 aromatic rings. The minimum atomic E-state index is -3.71. The van der Waals surface area contributed by atoms with Gasteiger partial charge in [-0.15, -0.1) is 0 Å². The van der Waals surface area contributed by atoms with Crippen LogP contribution in [0.15, 0.2) is 23.1 Å². The van der Waals surface area contributed by atoms with Crippen molar-refractivity contribution in [2.75, 3.05) is 6.54 Å². The normalized spacial score (nSPS) is 13.0. The van der Waals surface area contributed by atoms with Crippen molar-refractivity contribution in [1.29, 1.82) is 5.26 Å². The molecule has 0 radical (unpaired) electrons. The molecule has 0 fully saturated rings. The van der Waals surface area contributed by atoms with E-state index in [0.717, 1.165) is 0 Å². The van der Waals surface area contributed by atoms with E-state index in [1.165, 1.54) is 18.2 Å². The molecule has 2 N–H and O–H groups in total. The van der Waals surface area contributed by atoms with Gasteiger partial charge < -0.3 is 5.11 Å². The van der Waals surface area contributed by atoms with E-state index in [-0.39, 0.29) is 16.5 Å². The van der Waals surface area contributed by atoms with Gasteiger partial charge in [0.15, 0.2) is 0 Å². The van der Waals surface area contributed by atoms with Crippen LogP contribution in [0.1, 0.15) is 18.9 Å². The van der Waals surface area contributed by atoms with Crippen LogP contribution in [-0.2, 0) is 10.0 Å². The third-order valence-corrected chi connectivity index (χ3v) is 4.15. The molecule has 0 bridgehead atoms. The molecule has 7 heteroatoms. The van der Waals surface area contributed by atoms with Crippen LogP contribution in [0.5, 0.6) is 0 Å². The fourth-order valence-corrected chi connectivity index (χ4v) is 2.86. The van der Waals surface area contributed by atoms with Gasteiger partial charge in [0.1, 0.15) is 4.90 Å². The molecule has 1 aromatic carbocycles. The predicted octanol–water partition coefficient (Wildman–Crippen LogP) is 1.26. The molecule has 98 valence electrons. The van der Waals surface area contributed by atoms with E-state index in [9.17, 15) is 8.42 Å². The van der Waals surface area contributed by atoms with E-state index in [4.69, 9.17) is 22.0 Å². The fraction of sp³-hybridized carbons (Fsp3) is 0.364. The highest BCUT2D eigenvalue weighted by Gasteiger charge is 2.17. The number of aliphatic hydroxyl groups is 1. The lowest BCUT2D eigenvalue weighted by Gasteiger charge is -2.09. The molecule has 0 amide bonds. The lowest BCUT2D eigenvalue weighted by molar-refractivity contribution is 0.186. The van der Waals surface area contributed by atoms with E-state index < -0.39 is 16.1 Å². The zero-order chi connectivity index (χ0) is 13.8. The van der Waals surface area contributed by atoms with E-state index in [0.29, 0.717) is 12.0 Å². The number of nitriles is 1. The summed E-state index contributed by atoms with van der Waals surface area (Å²) in [5.74, 6) is 0. The quantitative estimate of drug-likeness (QED) is 0.853. The van der Waals surface area contributed by atoms with Crippen LogP contribution in [0.2, 0.25) is 5.02 Å². The maximum atomic E-state index is 11.9. The lowest BCUT2D eigenvalue weighted by Crippen LogP contribution is -2.27. The van der Waals surface area contributed by atoms with Crippen LogP contribution >= 0.6 is 11.6 Å². The van der Waals surface area contributed by atoms with Crippen LogP contribution in [0.4, 0.5) is 0 Å². The van der Waals surface area contributed by atoms with E-state index in [1.807, 2.05) is 6.07 Å². The monoisotopic (exact) mass is 288 g/mol. The Morgan fingerprint density at radius 3 is 2.72 bits per heavy atom. The molecule has 0 aliphatic carbocycles. The van der Waals surface area contributed by atoms with Crippen molar-refractivity contribution < 1.29 is 13.5 Å². The number of halogens is 1. The molecule has 1 rings (SSSR count). The van der Waals surface area contributed by atoms with Gasteiger partial charge in [-0.25, -0.2) is 13.1 Å². The summed E-state index contributed by atoms with van der Waals surface area (Å²) in [6, 6.07) is 5.84. The number of benzene rings is 1. The van der Waals surface area contributed by atoms with Gasteiger partial charge in [0.2, 0.25) is 10.0 Å². The maximum Gasteiger partial charge on any atom is 0.242 e. The van der Waals surface area contributed by atoms with Crippen LogP contribution in [0.3, 0.4) is 0 Å². The predicted molar refractivity (Wildman–Crippen MR) is 67.7 cm³/mol. The summed E-state index contributed by atoms with van der Waals surface area (Å²) in [4.78, 5) is -0.0752. The second kappa shape index (κ2) is 6.16. The topological polar surface area (TPSA) is 90.2 Å². The summed E-state index contributed by atoms with van der Waals surface area (Å²) < 4.78 is 26.1. The highest BCUT2D eigenvalue weighted by atomic mass is 35.5. The Morgan fingerprint density at radius 1 is 1.56 bits per heavy atom. The Kier molecular flexibility index (Phi) is 5.11. The summed E-state index contributed by atoms with van der Waals surface area (Å²) in [5.41, 5.74) is 0.294. The summed E-state index contributed by atoms with van der Waals surface area (Å²) in [6.07, 6.45) is -0.267. The van der Waals surface area contributed by atoms with Crippen LogP contribution in [-0.4, -0.2) is 26.2 Å². The Hall–Kier alpha value is -1.13. The number of rotatable bonds is 5. The van der Waals surface area contributed by atoms with Gasteiger partial charge in [-0.05, 0) is 31.5 Å². The summed E-state index contributed by atoms with van der Waals surface area (Å²) in [6.45, 7) is 1.69. The molecule has 18 heavy (non-hydrogen) atoms. The van der Waals surface area contributed by atoms with Gasteiger partial charge in [0.05, 0.1) is 22.8 Å². The zero-order valence-electron chi connectivity index (χ0n) is 9.72. The first-order valence-electron chi connectivity index (χ1n) is 5.24. The molecular weight excluding hydrogens is 276 g/mol. The van der Waals surface area contributed by atoms with Crippen molar-refractivity contribution in [2.45, 2.75) is 24.3 Å². The molecule has 0 saturated carbocycles. The van der Waals surface area contributed by atoms with Crippen LogP contribution < -0.4 is 4.72 Å². The number of nitrogens with one attached hydrogen (secondary N) is 1. The molecule has 0 saturated heterocycles. The van der Waals surface area contributed by atoms with Crippen molar-refractivity contribution in [3.63, 3.8) is 0 Å². The highest BCUT2D eigenvalue weighted by molar-refractivity contribution is 7.89. The third-order valence-electron chi connectivity index (χ3n) is 2.20. The van der Waals surface area contributed by atoms with E-state index in [1.54, 1.807) is 6.92 Å². The molecule has 0 aliphatic rings. The lowest BCUT2D eigenvalue weighted by atomic mass is 10.2. The van der Waals surface area contributed by atoms with Gasteiger partial charge in [0.25, 0.3) is 0 Å². The van der Waals surface area contributed by atoms with Crippen LogP contribution in [0.25, 0.3) is 0 Å². The van der Waals surface area contributed by atoms with Crippen molar-refractivity contribution in [1.82, 2.24) is 4.72 Å². The maximum absolute atomic E-state index is 11.9. The number of sulfonamides is 1. The Bertz CT molecular complexity index is 564. The number of hydrogen-bond donors (Lipinski definition) is 2. The molecular formula is C11H13ClN2O3S. The Balaban J connectivity index is 2.89. The molecule has 0 aromatic heterocycles. The van der Waals surface area contributed by atoms with Crippen LogP contribution in [0, 0.1) is 11.3 Å². The standard InChI is InChI=1S/C11H13ClN2O3S/c1-8(15)4-5-14-18(16,17)11-3-2-9(7-13)6-10(11)12/h2-3,6,8,14-15H,4-5H2,1H3. The molecule has 0 heterocycles. The summed E-state index contributed by atoms with van der Waals surface area (Å²) >= 11 is 5.81. The first kappa shape index (κ1) is 14.9. The second-order valence-corrected chi connectivity index (χ2v) is 5.94. The highest BCUT2D eigenvalue weighted by Crippen LogP contribution is 2.22. The zero-order valence-corrected chi connectivity index (χ0v) is 11.3. The number of nitrogens with zero attached hydrogens (tertiary/aromatic N) is 1. The van der Waals surface area contributed by atoms with Crippen molar-refractivity contribution in [3.8, 4) is 6.07 Å². The minimum Gasteiger partial charge on any atom is -0.393 e. The molecule has 1 atom stereocenters.